The van der Waals surface area contributed by atoms with E-state index in [4.69, 9.17) is 0 Å². The first-order valence-corrected chi connectivity index (χ1v) is 7.65. The smallest absolute Gasteiger partial charge is 0.310 e. The van der Waals surface area contributed by atoms with Crippen LogP contribution < -0.4 is 0 Å². The highest BCUT2D eigenvalue weighted by atomic mass is 16.4. The molecular weight excluding hydrogens is 242 g/mol. The van der Waals surface area contributed by atoms with Crippen molar-refractivity contribution < 1.29 is 14.7 Å². The Balaban J connectivity index is 1.99. The summed E-state index contributed by atoms with van der Waals surface area (Å²) in [4.78, 5) is 25.9. The van der Waals surface area contributed by atoms with Crippen LogP contribution in [0.4, 0.5) is 0 Å². The molecule has 0 aromatic rings. The van der Waals surface area contributed by atoms with Gasteiger partial charge in [-0.05, 0) is 25.7 Å². The quantitative estimate of drug-likeness (QED) is 0.855. The summed E-state index contributed by atoms with van der Waals surface area (Å²) >= 11 is 0. The molecule has 0 aromatic heterocycles. The average Bonchev–Trinajstić information content (AvgIpc) is 2.68. The topological polar surface area (TPSA) is 57.6 Å². The molecule has 0 radical (unpaired) electrons. The van der Waals surface area contributed by atoms with E-state index in [-0.39, 0.29) is 12.3 Å². The van der Waals surface area contributed by atoms with Crippen LogP contribution in [0.3, 0.4) is 0 Å². The lowest BCUT2D eigenvalue weighted by Gasteiger charge is -2.34. The first kappa shape index (κ1) is 14.4. The molecule has 2 fully saturated rings. The zero-order valence-electron chi connectivity index (χ0n) is 11.7. The molecule has 4 nitrogen and oxygen atoms in total. The highest BCUT2D eigenvalue weighted by Gasteiger charge is 2.42. The van der Waals surface area contributed by atoms with Crippen molar-refractivity contribution in [3.05, 3.63) is 0 Å². The minimum atomic E-state index is -0.776. The monoisotopic (exact) mass is 267 g/mol. The third kappa shape index (κ3) is 3.48. The van der Waals surface area contributed by atoms with Gasteiger partial charge in [-0.2, -0.15) is 0 Å². The Morgan fingerprint density at radius 2 is 1.42 bits per heavy atom. The number of hydrogen-bond donors (Lipinski definition) is 1. The Morgan fingerprint density at radius 3 is 1.95 bits per heavy atom. The molecule has 0 spiro atoms. The zero-order valence-corrected chi connectivity index (χ0v) is 11.7. The van der Waals surface area contributed by atoms with Crippen molar-refractivity contribution in [1.29, 1.82) is 0 Å². The molecule has 0 aromatic carbocycles. The molecule has 1 saturated heterocycles. The summed E-state index contributed by atoms with van der Waals surface area (Å²) in [6.45, 7) is 1.63. The molecule has 2 rings (SSSR count). The number of amides is 1. The summed E-state index contributed by atoms with van der Waals surface area (Å²) < 4.78 is 0. The molecule has 1 saturated carbocycles. The molecule has 19 heavy (non-hydrogen) atoms. The van der Waals surface area contributed by atoms with Gasteiger partial charge >= 0.3 is 5.97 Å². The van der Waals surface area contributed by atoms with Gasteiger partial charge in [-0.3, -0.25) is 9.59 Å². The van der Waals surface area contributed by atoms with Crippen LogP contribution in [0.25, 0.3) is 0 Å². The van der Waals surface area contributed by atoms with Crippen LogP contribution in [0.2, 0.25) is 0 Å². The summed E-state index contributed by atoms with van der Waals surface area (Å²) in [6.07, 6.45) is 9.04. The van der Waals surface area contributed by atoms with E-state index in [9.17, 15) is 14.7 Å². The lowest BCUT2D eigenvalue weighted by molar-refractivity contribution is -0.156. The Kier molecular flexibility index (Phi) is 4.83. The highest BCUT2D eigenvalue weighted by Crippen LogP contribution is 2.40. The molecule has 1 amide bonds. The number of carboxylic acid groups (broad SMARTS) is 1. The molecule has 4 heteroatoms. The number of rotatable bonds is 3. The molecule has 2 aliphatic rings. The predicted molar refractivity (Wildman–Crippen MR) is 72.8 cm³/mol. The van der Waals surface area contributed by atoms with Crippen LogP contribution >= 0.6 is 0 Å². The number of nitrogens with zero attached hydrogens (tertiary/aromatic N) is 1. The first-order valence-electron chi connectivity index (χ1n) is 7.65. The Morgan fingerprint density at radius 1 is 0.895 bits per heavy atom. The van der Waals surface area contributed by atoms with Crippen molar-refractivity contribution >= 4 is 11.9 Å². The fraction of sp³-hybridized carbons (Fsp3) is 0.867. The number of hydrogen-bond acceptors (Lipinski definition) is 2. The molecule has 0 unspecified atom stereocenters. The fourth-order valence-corrected chi connectivity index (χ4v) is 3.42. The van der Waals surface area contributed by atoms with Gasteiger partial charge in [0, 0.05) is 19.5 Å². The molecule has 0 atom stereocenters. The third-order valence-corrected chi connectivity index (χ3v) is 4.71. The lowest BCUT2D eigenvalue weighted by atomic mass is 9.71. The van der Waals surface area contributed by atoms with Gasteiger partial charge in [0.25, 0.3) is 0 Å². The largest absolute Gasteiger partial charge is 0.481 e. The van der Waals surface area contributed by atoms with Crippen molar-refractivity contribution in [1.82, 2.24) is 4.90 Å². The summed E-state index contributed by atoms with van der Waals surface area (Å²) in [5, 5.41) is 9.52. The standard InChI is InChI=1S/C15H25NO3/c17-13(16-10-6-1-2-7-11-16)12-15(14(18)19)8-4-3-5-9-15/h1-12H2,(H,18,19). The van der Waals surface area contributed by atoms with Crippen molar-refractivity contribution in [2.24, 2.45) is 5.41 Å². The van der Waals surface area contributed by atoms with Gasteiger partial charge in [-0.15, -0.1) is 0 Å². The Labute approximate surface area is 115 Å². The minimum absolute atomic E-state index is 0.0613. The molecular formula is C15H25NO3. The minimum Gasteiger partial charge on any atom is -0.481 e. The second-order valence-corrected chi connectivity index (χ2v) is 6.12. The van der Waals surface area contributed by atoms with Gasteiger partial charge in [0.2, 0.25) is 5.91 Å². The van der Waals surface area contributed by atoms with E-state index < -0.39 is 11.4 Å². The molecule has 0 bridgehead atoms. The second kappa shape index (κ2) is 6.40. The van der Waals surface area contributed by atoms with Gasteiger partial charge in [0.05, 0.1) is 5.41 Å². The van der Waals surface area contributed by atoms with E-state index in [2.05, 4.69) is 0 Å². The normalized spacial score (nSPS) is 23.7. The number of carbonyl (C=O) groups excluding carboxylic acids is 1. The van der Waals surface area contributed by atoms with E-state index in [1.807, 2.05) is 4.90 Å². The molecule has 108 valence electrons. The maximum atomic E-state index is 12.4. The first-order chi connectivity index (χ1) is 9.14. The van der Waals surface area contributed by atoms with Gasteiger partial charge in [-0.1, -0.05) is 32.1 Å². The summed E-state index contributed by atoms with van der Waals surface area (Å²) in [7, 11) is 0. The van der Waals surface area contributed by atoms with Crippen LogP contribution in [-0.2, 0) is 9.59 Å². The SMILES string of the molecule is O=C(CC1(C(=O)O)CCCCC1)N1CCCCCC1. The van der Waals surface area contributed by atoms with Crippen molar-refractivity contribution in [2.75, 3.05) is 13.1 Å². The zero-order chi connectivity index (χ0) is 13.7. The molecule has 1 aliphatic heterocycles. The maximum absolute atomic E-state index is 12.4. The maximum Gasteiger partial charge on any atom is 0.310 e. The van der Waals surface area contributed by atoms with E-state index in [1.54, 1.807) is 0 Å². The van der Waals surface area contributed by atoms with Crippen LogP contribution in [0.15, 0.2) is 0 Å². The lowest BCUT2D eigenvalue weighted by Crippen LogP contribution is -2.41. The van der Waals surface area contributed by atoms with E-state index >= 15 is 0 Å². The van der Waals surface area contributed by atoms with E-state index in [1.165, 1.54) is 12.8 Å². The van der Waals surface area contributed by atoms with E-state index in [0.29, 0.717) is 12.8 Å². The fourth-order valence-electron chi connectivity index (χ4n) is 3.42. The van der Waals surface area contributed by atoms with E-state index in [0.717, 1.165) is 45.2 Å². The Hall–Kier alpha value is -1.06. The number of carboxylic acids is 1. The van der Waals surface area contributed by atoms with Gasteiger partial charge in [-0.25, -0.2) is 0 Å². The van der Waals surface area contributed by atoms with Crippen LogP contribution in [0.5, 0.6) is 0 Å². The van der Waals surface area contributed by atoms with Gasteiger partial charge in [0.1, 0.15) is 0 Å². The van der Waals surface area contributed by atoms with Gasteiger partial charge < -0.3 is 10.0 Å². The third-order valence-electron chi connectivity index (χ3n) is 4.71. The van der Waals surface area contributed by atoms with Crippen LogP contribution in [-0.4, -0.2) is 35.0 Å². The summed E-state index contributed by atoms with van der Waals surface area (Å²) in [6, 6.07) is 0. The average molecular weight is 267 g/mol. The van der Waals surface area contributed by atoms with Crippen molar-refractivity contribution in [2.45, 2.75) is 64.2 Å². The number of carbonyl (C=O) groups is 2. The summed E-state index contributed by atoms with van der Waals surface area (Å²) in [5.41, 5.74) is -0.776. The predicted octanol–water partition coefficient (Wildman–Crippen LogP) is 2.81. The number of likely N-dealkylation sites (tertiary alicyclic amines) is 1. The second-order valence-electron chi connectivity index (χ2n) is 6.12. The van der Waals surface area contributed by atoms with Crippen molar-refractivity contribution in [3.8, 4) is 0 Å². The van der Waals surface area contributed by atoms with Crippen LogP contribution in [0, 0.1) is 5.41 Å². The van der Waals surface area contributed by atoms with Crippen molar-refractivity contribution in [3.63, 3.8) is 0 Å². The van der Waals surface area contributed by atoms with Gasteiger partial charge in [0.15, 0.2) is 0 Å². The Bertz CT molecular complexity index is 326. The molecule has 1 N–H and O–H groups in total. The number of aliphatic carboxylic acids is 1. The molecule has 1 heterocycles. The highest BCUT2D eigenvalue weighted by molar-refractivity contribution is 5.85. The summed E-state index contributed by atoms with van der Waals surface area (Å²) in [5.74, 6) is -0.707. The molecule has 1 aliphatic carbocycles. The van der Waals surface area contributed by atoms with Crippen LogP contribution in [0.1, 0.15) is 64.2 Å².